The van der Waals surface area contributed by atoms with Gasteiger partial charge in [-0.05, 0) is 34.7 Å². The van der Waals surface area contributed by atoms with Gasteiger partial charge >= 0.3 is 0 Å². The summed E-state index contributed by atoms with van der Waals surface area (Å²) >= 11 is 1.81. The van der Waals surface area contributed by atoms with E-state index in [0.29, 0.717) is 9.35 Å². The van der Waals surface area contributed by atoms with Crippen molar-refractivity contribution in [2.45, 2.75) is 6.43 Å². The molecule has 0 radical (unpaired) electrons. The minimum Gasteiger partial charge on any atom is -0.225 e. The van der Waals surface area contributed by atoms with E-state index < -0.39 is 6.43 Å². The Morgan fingerprint density at radius 2 is 2.23 bits per heavy atom. The average molecular weight is 295 g/mol. The van der Waals surface area contributed by atoms with E-state index in [9.17, 15) is 8.78 Å². The first-order chi connectivity index (χ1) is 6.20. The van der Waals surface area contributed by atoms with Crippen molar-refractivity contribution in [3.05, 3.63) is 27.7 Å². The molecule has 0 aliphatic carbocycles. The van der Waals surface area contributed by atoms with Crippen LogP contribution in [0.2, 0.25) is 0 Å². The lowest BCUT2D eigenvalue weighted by molar-refractivity contribution is 0.145. The Hall–Kier alpha value is -0.790. The normalized spacial score (nSPS) is 11.4. The lowest BCUT2D eigenvalue weighted by Crippen LogP contribution is -1.93. The summed E-state index contributed by atoms with van der Waals surface area (Å²) in [5, 5.41) is 3.90. The second kappa shape index (κ2) is 3.17. The summed E-state index contributed by atoms with van der Waals surface area (Å²) in [7, 11) is 0. The van der Waals surface area contributed by atoms with Gasteiger partial charge in [-0.25, -0.2) is 18.3 Å². The topological polar surface area (TPSA) is 30.2 Å². The minimum absolute atomic E-state index is 0.209. The van der Waals surface area contributed by atoms with E-state index in [1.165, 1.54) is 10.7 Å². The molecular weight excluding hydrogens is 291 g/mol. The predicted molar refractivity (Wildman–Crippen MR) is 50.7 cm³/mol. The van der Waals surface area contributed by atoms with E-state index in [1.54, 1.807) is 12.1 Å². The van der Waals surface area contributed by atoms with Crippen LogP contribution >= 0.6 is 22.6 Å². The molecule has 13 heavy (non-hydrogen) atoms. The third-order valence-corrected chi connectivity index (χ3v) is 2.58. The largest absolute Gasteiger partial charge is 0.283 e. The van der Waals surface area contributed by atoms with Gasteiger partial charge < -0.3 is 0 Å². The number of imidazole rings is 1. The van der Waals surface area contributed by atoms with Crippen molar-refractivity contribution in [1.29, 1.82) is 0 Å². The van der Waals surface area contributed by atoms with Crippen molar-refractivity contribution in [3.63, 3.8) is 0 Å². The first-order valence-corrected chi connectivity index (χ1v) is 4.55. The molecule has 0 saturated heterocycles. The van der Waals surface area contributed by atoms with Gasteiger partial charge in [0.25, 0.3) is 6.43 Å². The highest BCUT2D eigenvalue weighted by molar-refractivity contribution is 14.1. The fraction of sp³-hybridized carbons (Fsp3) is 0.143. The summed E-state index contributed by atoms with van der Waals surface area (Å²) in [6.07, 6.45) is -1.01. The molecule has 0 fully saturated rings. The highest BCUT2D eigenvalue weighted by atomic mass is 127. The smallest absolute Gasteiger partial charge is 0.225 e. The molecule has 2 aromatic heterocycles. The molecule has 0 spiro atoms. The van der Waals surface area contributed by atoms with Crippen LogP contribution in [0.4, 0.5) is 8.78 Å². The Morgan fingerprint density at radius 1 is 1.46 bits per heavy atom. The minimum atomic E-state index is -2.55. The summed E-state index contributed by atoms with van der Waals surface area (Å²) in [4.78, 5) is 3.75. The fourth-order valence-corrected chi connectivity index (χ4v) is 1.74. The lowest BCUT2D eigenvalue weighted by Gasteiger charge is -1.92. The summed E-state index contributed by atoms with van der Waals surface area (Å²) < 4.78 is 26.5. The fourth-order valence-electron chi connectivity index (χ4n) is 1.02. The maximum absolute atomic E-state index is 12.4. The molecule has 6 heteroatoms. The number of hydrogen-bond acceptors (Lipinski definition) is 2. The second-order valence-electron chi connectivity index (χ2n) is 2.38. The van der Waals surface area contributed by atoms with E-state index in [4.69, 9.17) is 0 Å². The predicted octanol–water partition coefficient (Wildman–Crippen LogP) is 2.27. The number of halogens is 3. The molecule has 0 saturated carbocycles. The van der Waals surface area contributed by atoms with Gasteiger partial charge in [-0.15, -0.1) is 0 Å². The maximum Gasteiger partial charge on any atom is 0.283 e. The number of nitrogens with zero attached hydrogens (tertiary/aromatic N) is 3. The number of aromatic nitrogens is 3. The molecule has 0 N–H and O–H groups in total. The van der Waals surface area contributed by atoms with E-state index in [1.807, 2.05) is 22.6 Å². The molecule has 0 aliphatic heterocycles. The van der Waals surface area contributed by atoms with Crippen molar-refractivity contribution in [2.75, 3.05) is 0 Å². The van der Waals surface area contributed by atoms with E-state index in [-0.39, 0.29) is 5.69 Å². The third-order valence-electron chi connectivity index (χ3n) is 1.57. The Kier molecular flexibility index (Phi) is 2.14. The third kappa shape index (κ3) is 1.38. The van der Waals surface area contributed by atoms with Crippen LogP contribution in [0.3, 0.4) is 0 Å². The van der Waals surface area contributed by atoms with Crippen LogP contribution in [-0.2, 0) is 0 Å². The Labute approximate surface area is 85.9 Å². The molecule has 0 amide bonds. The Morgan fingerprint density at radius 3 is 2.85 bits per heavy atom. The monoisotopic (exact) mass is 295 g/mol. The van der Waals surface area contributed by atoms with Crippen LogP contribution in [0.25, 0.3) is 5.65 Å². The SMILES string of the molecule is FC(F)c1nc2cccnn2c1I. The van der Waals surface area contributed by atoms with Gasteiger partial charge in [0.05, 0.1) is 0 Å². The molecule has 2 heterocycles. The molecule has 0 unspecified atom stereocenters. The number of hydrogen-bond donors (Lipinski definition) is 0. The van der Waals surface area contributed by atoms with Crippen LogP contribution in [-0.4, -0.2) is 14.6 Å². The van der Waals surface area contributed by atoms with E-state index in [0.717, 1.165) is 0 Å². The zero-order chi connectivity index (χ0) is 9.42. The van der Waals surface area contributed by atoms with Crippen molar-refractivity contribution in [1.82, 2.24) is 14.6 Å². The van der Waals surface area contributed by atoms with Gasteiger partial charge in [0.15, 0.2) is 5.65 Å². The van der Waals surface area contributed by atoms with Crippen LogP contribution < -0.4 is 0 Å². The summed E-state index contributed by atoms with van der Waals surface area (Å²) in [6.45, 7) is 0. The van der Waals surface area contributed by atoms with Crippen LogP contribution in [0.1, 0.15) is 12.1 Å². The summed E-state index contributed by atoms with van der Waals surface area (Å²) in [6, 6.07) is 3.30. The quantitative estimate of drug-likeness (QED) is 0.756. The van der Waals surface area contributed by atoms with E-state index in [2.05, 4.69) is 10.1 Å². The molecule has 0 atom stereocenters. The number of alkyl halides is 2. The molecule has 0 bridgehead atoms. The molecular formula is C7H4F2IN3. The summed E-state index contributed by atoms with van der Waals surface area (Å²) in [5.74, 6) is 0. The number of fused-ring (bicyclic) bond motifs is 1. The van der Waals surface area contributed by atoms with Crippen molar-refractivity contribution in [2.24, 2.45) is 0 Å². The van der Waals surface area contributed by atoms with E-state index >= 15 is 0 Å². The van der Waals surface area contributed by atoms with Gasteiger partial charge in [0, 0.05) is 6.20 Å². The molecule has 3 nitrogen and oxygen atoms in total. The van der Waals surface area contributed by atoms with Crippen molar-refractivity contribution >= 4 is 28.2 Å². The van der Waals surface area contributed by atoms with Gasteiger partial charge in [0.1, 0.15) is 9.39 Å². The first-order valence-electron chi connectivity index (χ1n) is 3.47. The first kappa shape index (κ1) is 8.79. The Balaban J connectivity index is 2.74. The summed E-state index contributed by atoms with van der Waals surface area (Å²) in [5.41, 5.74) is 0.238. The molecule has 2 aromatic rings. The van der Waals surface area contributed by atoms with Crippen LogP contribution in [0.15, 0.2) is 18.3 Å². The highest BCUT2D eigenvalue weighted by Gasteiger charge is 2.18. The second-order valence-corrected chi connectivity index (χ2v) is 3.40. The van der Waals surface area contributed by atoms with Gasteiger partial charge in [-0.2, -0.15) is 5.10 Å². The van der Waals surface area contributed by atoms with Gasteiger partial charge in [-0.1, -0.05) is 0 Å². The molecule has 0 aliphatic rings. The van der Waals surface area contributed by atoms with Crippen molar-refractivity contribution in [3.8, 4) is 0 Å². The number of rotatable bonds is 1. The highest BCUT2D eigenvalue weighted by Crippen LogP contribution is 2.23. The van der Waals surface area contributed by atoms with Gasteiger partial charge in [0.2, 0.25) is 0 Å². The van der Waals surface area contributed by atoms with Crippen LogP contribution in [0.5, 0.6) is 0 Å². The zero-order valence-electron chi connectivity index (χ0n) is 6.28. The average Bonchev–Trinajstić information content (AvgIpc) is 2.45. The van der Waals surface area contributed by atoms with Crippen molar-refractivity contribution < 1.29 is 8.78 Å². The standard InChI is InChI=1S/C7H4F2IN3/c8-6(9)5-7(10)13-4(12-5)2-1-3-11-13/h1-3,6H. The lowest BCUT2D eigenvalue weighted by atomic mass is 10.5. The Bertz CT molecular complexity index is 440. The molecule has 2 rings (SSSR count). The maximum atomic E-state index is 12.4. The molecule has 0 aromatic carbocycles. The van der Waals surface area contributed by atoms with Gasteiger partial charge in [-0.3, -0.25) is 0 Å². The van der Waals surface area contributed by atoms with Crippen LogP contribution in [0, 0.1) is 3.70 Å². The zero-order valence-corrected chi connectivity index (χ0v) is 8.44. The molecule has 68 valence electrons.